The monoisotopic (exact) mass is 319 g/mol. The van der Waals surface area contributed by atoms with E-state index in [-0.39, 0.29) is 11.5 Å². The summed E-state index contributed by atoms with van der Waals surface area (Å²) in [6, 6.07) is 3.00. The summed E-state index contributed by atoms with van der Waals surface area (Å²) < 4.78 is 27.3. The number of hydrogen-bond donors (Lipinski definition) is 2. The molecule has 0 aliphatic carbocycles. The lowest BCUT2D eigenvalue weighted by atomic mass is 10.0. The first-order valence-electron chi connectivity index (χ1n) is 6.75. The number of aliphatic hydroxyl groups excluding tert-OH is 1. The molecule has 0 spiro atoms. The zero-order valence-electron chi connectivity index (χ0n) is 12.1. The minimum absolute atomic E-state index is 0.139. The summed E-state index contributed by atoms with van der Waals surface area (Å²) in [7, 11) is -3.61. The van der Waals surface area contributed by atoms with Crippen LogP contribution in [0.15, 0.2) is 17.0 Å². The fraction of sp³-hybridized carbons (Fsp3) is 0.571. The lowest BCUT2D eigenvalue weighted by Crippen LogP contribution is -2.29. The molecule has 0 atom stereocenters. The average molecular weight is 320 g/mol. The van der Waals surface area contributed by atoms with Crippen LogP contribution in [0.4, 0.5) is 0 Å². The third-order valence-corrected chi connectivity index (χ3v) is 5.38. The highest BCUT2D eigenvalue weighted by atomic mass is 35.5. The molecule has 0 amide bonds. The van der Waals surface area contributed by atoms with Crippen LogP contribution in [-0.2, 0) is 16.6 Å². The summed E-state index contributed by atoms with van der Waals surface area (Å²) in [5, 5.41) is 9.56. The van der Waals surface area contributed by atoms with Crippen molar-refractivity contribution < 1.29 is 13.5 Å². The number of sulfonamides is 1. The van der Waals surface area contributed by atoms with Crippen molar-refractivity contribution in [3.05, 3.63) is 28.3 Å². The highest BCUT2D eigenvalue weighted by Gasteiger charge is 2.20. The molecule has 0 fully saturated rings. The molecule has 1 rings (SSSR count). The molecular formula is C14H22ClNO3S. The molecule has 6 heteroatoms. The van der Waals surface area contributed by atoms with Gasteiger partial charge in [0, 0.05) is 11.6 Å². The standard InChI is InChI=1S/C14H22ClNO3S/c1-4-11(5-2)8-16-20(18,19)14-7-13(15)6-12(9-17)10(14)3/h6-7,11,16-17H,4-5,8-9H2,1-3H3. The zero-order valence-corrected chi connectivity index (χ0v) is 13.7. The van der Waals surface area contributed by atoms with Crippen LogP contribution in [0, 0.1) is 12.8 Å². The van der Waals surface area contributed by atoms with E-state index in [0.717, 1.165) is 12.8 Å². The van der Waals surface area contributed by atoms with E-state index in [4.69, 9.17) is 11.6 Å². The minimum Gasteiger partial charge on any atom is -0.392 e. The Balaban J connectivity index is 3.06. The van der Waals surface area contributed by atoms with Gasteiger partial charge in [-0.05, 0) is 36.1 Å². The van der Waals surface area contributed by atoms with Crippen LogP contribution in [0.25, 0.3) is 0 Å². The Morgan fingerprint density at radius 2 is 1.90 bits per heavy atom. The molecule has 1 aromatic rings. The number of hydrogen-bond acceptors (Lipinski definition) is 3. The van der Waals surface area contributed by atoms with Crippen molar-refractivity contribution in [3.63, 3.8) is 0 Å². The number of nitrogens with one attached hydrogen (secondary N) is 1. The Kier molecular flexibility index (Phi) is 6.45. The number of benzene rings is 1. The van der Waals surface area contributed by atoms with E-state index in [9.17, 15) is 13.5 Å². The first kappa shape index (κ1) is 17.4. The molecule has 20 heavy (non-hydrogen) atoms. The maximum Gasteiger partial charge on any atom is 0.240 e. The molecule has 0 unspecified atom stereocenters. The molecule has 0 aliphatic rings. The maximum atomic E-state index is 12.4. The summed E-state index contributed by atoms with van der Waals surface area (Å²) >= 11 is 5.92. The van der Waals surface area contributed by atoms with E-state index >= 15 is 0 Å². The average Bonchev–Trinajstić information content (AvgIpc) is 2.41. The van der Waals surface area contributed by atoms with Crippen molar-refractivity contribution in [2.45, 2.75) is 45.1 Å². The number of halogens is 1. The Morgan fingerprint density at radius 1 is 1.30 bits per heavy atom. The molecule has 0 aromatic heterocycles. The number of rotatable bonds is 7. The topological polar surface area (TPSA) is 66.4 Å². The van der Waals surface area contributed by atoms with E-state index in [1.54, 1.807) is 13.0 Å². The SMILES string of the molecule is CCC(CC)CNS(=O)(=O)c1cc(Cl)cc(CO)c1C. The molecule has 2 N–H and O–H groups in total. The quantitative estimate of drug-likeness (QED) is 0.812. The van der Waals surface area contributed by atoms with Gasteiger partial charge in [-0.2, -0.15) is 0 Å². The molecule has 0 bridgehead atoms. The van der Waals surface area contributed by atoms with Gasteiger partial charge >= 0.3 is 0 Å². The van der Waals surface area contributed by atoms with E-state index in [1.165, 1.54) is 6.07 Å². The smallest absolute Gasteiger partial charge is 0.240 e. The summed E-state index contributed by atoms with van der Waals surface area (Å²) in [5.41, 5.74) is 1.06. The van der Waals surface area contributed by atoms with Crippen molar-refractivity contribution in [1.29, 1.82) is 0 Å². The van der Waals surface area contributed by atoms with Crippen LogP contribution >= 0.6 is 11.6 Å². The largest absolute Gasteiger partial charge is 0.392 e. The summed E-state index contributed by atoms with van der Waals surface area (Å²) in [5.74, 6) is 0.321. The van der Waals surface area contributed by atoms with Gasteiger partial charge in [0.05, 0.1) is 11.5 Å². The predicted octanol–water partition coefficient (Wildman–Crippen LogP) is 2.86. The first-order valence-corrected chi connectivity index (χ1v) is 8.61. The van der Waals surface area contributed by atoms with Gasteiger partial charge in [-0.3, -0.25) is 0 Å². The van der Waals surface area contributed by atoms with Gasteiger partial charge in [0.2, 0.25) is 10.0 Å². The van der Waals surface area contributed by atoms with E-state index < -0.39 is 10.0 Å². The molecule has 0 saturated carbocycles. The van der Waals surface area contributed by atoms with E-state index in [0.29, 0.717) is 28.6 Å². The highest BCUT2D eigenvalue weighted by molar-refractivity contribution is 7.89. The van der Waals surface area contributed by atoms with Crippen LogP contribution < -0.4 is 4.72 Å². The Bertz CT molecular complexity index is 554. The lowest BCUT2D eigenvalue weighted by Gasteiger charge is -2.16. The molecular weight excluding hydrogens is 298 g/mol. The fourth-order valence-corrected chi connectivity index (χ4v) is 3.77. The van der Waals surface area contributed by atoms with Gasteiger partial charge in [0.25, 0.3) is 0 Å². The summed E-state index contributed by atoms with van der Waals surface area (Å²) in [4.78, 5) is 0.139. The van der Waals surface area contributed by atoms with E-state index in [2.05, 4.69) is 4.72 Å². The fourth-order valence-electron chi connectivity index (χ4n) is 2.03. The molecule has 4 nitrogen and oxygen atoms in total. The Hall–Kier alpha value is -0.620. The van der Waals surface area contributed by atoms with Crippen LogP contribution in [0.5, 0.6) is 0 Å². The van der Waals surface area contributed by atoms with Gasteiger partial charge in [-0.15, -0.1) is 0 Å². The van der Waals surface area contributed by atoms with Gasteiger partial charge in [-0.25, -0.2) is 13.1 Å². The maximum absolute atomic E-state index is 12.4. The van der Waals surface area contributed by atoms with Crippen molar-refractivity contribution >= 4 is 21.6 Å². The Morgan fingerprint density at radius 3 is 2.40 bits per heavy atom. The normalized spacial score (nSPS) is 12.1. The summed E-state index contributed by atoms with van der Waals surface area (Å²) in [6.07, 6.45) is 1.85. The first-order chi connectivity index (χ1) is 9.35. The van der Waals surface area contributed by atoms with E-state index in [1.807, 2.05) is 13.8 Å². The predicted molar refractivity (Wildman–Crippen MR) is 81.4 cm³/mol. The van der Waals surface area contributed by atoms with Gasteiger partial charge in [0.1, 0.15) is 0 Å². The second-order valence-corrected chi connectivity index (χ2v) is 7.05. The van der Waals surface area contributed by atoms with Gasteiger partial charge in [0.15, 0.2) is 0 Å². The molecule has 0 radical (unpaired) electrons. The van der Waals surface area contributed by atoms with Gasteiger partial charge in [-0.1, -0.05) is 38.3 Å². The van der Waals surface area contributed by atoms with Crippen LogP contribution in [-0.4, -0.2) is 20.1 Å². The molecule has 1 aromatic carbocycles. The molecule has 114 valence electrons. The van der Waals surface area contributed by atoms with Crippen molar-refractivity contribution in [1.82, 2.24) is 4.72 Å². The number of aliphatic hydroxyl groups is 1. The minimum atomic E-state index is -3.61. The molecule has 0 heterocycles. The molecule has 0 saturated heterocycles. The van der Waals surface area contributed by atoms with Crippen LogP contribution in [0.1, 0.15) is 37.8 Å². The third kappa shape index (κ3) is 4.19. The van der Waals surface area contributed by atoms with Crippen molar-refractivity contribution in [2.24, 2.45) is 5.92 Å². The highest BCUT2D eigenvalue weighted by Crippen LogP contribution is 2.24. The van der Waals surface area contributed by atoms with Gasteiger partial charge < -0.3 is 5.11 Å². The molecule has 0 aliphatic heterocycles. The van der Waals surface area contributed by atoms with Crippen LogP contribution in [0.3, 0.4) is 0 Å². The van der Waals surface area contributed by atoms with Crippen LogP contribution in [0.2, 0.25) is 5.02 Å². The second-order valence-electron chi connectivity index (χ2n) is 4.88. The summed E-state index contributed by atoms with van der Waals surface area (Å²) in [6.45, 7) is 5.93. The Labute approximate surface area is 126 Å². The van der Waals surface area contributed by atoms with Crippen molar-refractivity contribution in [2.75, 3.05) is 6.54 Å². The zero-order chi connectivity index (χ0) is 15.3. The third-order valence-electron chi connectivity index (χ3n) is 3.61. The lowest BCUT2D eigenvalue weighted by molar-refractivity contribution is 0.280. The second kappa shape index (κ2) is 7.41. The van der Waals surface area contributed by atoms with Crippen molar-refractivity contribution in [3.8, 4) is 0 Å².